The van der Waals surface area contributed by atoms with Crippen molar-refractivity contribution in [2.24, 2.45) is 0 Å². The number of halogens is 1. The van der Waals surface area contributed by atoms with E-state index in [1.807, 2.05) is 0 Å². The van der Waals surface area contributed by atoms with Crippen molar-refractivity contribution in [2.45, 2.75) is 0 Å². The summed E-state index contributed by atoms with van der Waals surface area (Å²) in [5.74, 6) is -0.700. The van der Waals surface area contributed by atoms with Crippen LogP contribution in [0.2, 0.25) is 5.02 Å². The standard InChI is InChI=1S/C16H12ClN3O2/c17-12-4-3-5-13(8-12)19-10-11(9-18)16(22)20-14-6-1-2-7-15(14)21/h1-8,10,19,21H,(H,20,22)/b11-10-. The van der Waals surface area contributed by atoms with Crippen molar-refractivity contribution < 1.29 is 9.90 Å². The number of hydrogen-bond acceptors (Lipinski definition) is 4. The summed E-state index contributed by atoms with van der Waals surface area (Å²) in [5.41, 5.74) is 0.746. The van der Waals surface area contributed by atoms with Crippen molar-refractivity contribution in [1.82, 2.24) is 0 Å². The van der Waals surface area contributed by atoms with E-state index >= 15 is 0 Å². The number of phenolic OH excluding ortho intramolecular Hbond substituents is 1. The van der Waals surface area contributed by atoms with Crippen LogP contribution < -0.4 is 10.6 Å². The first-order valence-corrected chi connectivity index (χ1v) is 6.69. The van der Waals surface area contributed by atoms with Gasteiger partial charge in [-0.1, -0.05) is 29.8 Å². The van der Waals surface area contributed by atoms with Gasteiger partial charge in [-0.25, -0.2) is 0 Å². The van der Waals surface area contributed by atoms with E-state index in [1.165, 1.54) is 18.3 Å². The van der Waals surface area contributed by atoms with E-state index in [1.54, 1.807) is 42.5 Å². The Kier molecular flexibility index (Phi) is 5.02. The van der Waals surface area contributed by atoms with E-state index in [0.29, 0.717) is 10.7 Å². The monoisotopic (exact) mass is 313 g/mol. The molecule has 0 heterocycles. The topological polar surface area (TPSA) is 85.2 Å². The molecule has 0 fully saturated rings. The van der Waals surface area contributed by atoms with Crippen LogP contribution in [0.25, 0.3) is 0 Å². The Hall–Kier alpha value is -2.97. The van der Waals surface area contributed by atoms with E-state index in [2.05, 4.69) is 10.6 Å². The Bertz CT molecular complexity index is 766. The molecule has 2 aromatic rings. The van der Waals surface area contributed by atoms with Crippen LogP contribution in [-0.4, -0.2) is 11.0 Å². The Labute approximate surface area is 132 Å². The predicted octanol–water partition coefficient (Wildman–Crippen LogP) is 3.50. The Morgan fingerprint density at radius 2 is 2.00 bits per heavy atom. The molecular weight excluding hydrogens is 302 g/mol. The number of rotatable bonds is 4. The van der Waals surface area contributed by atoms with Gasteiger partial charge >= 0.3 is 0 Å². The van der Waals surface area contributed by atoms with Gasteiger partial charge in [0, 0.05) is 16.9 Å². The summed E-state index contributed by atoms with van der Waals surface area (Å²) in [7, 11) is 0. The van der Waals surface area contributed by atoms with E-state index in [0.717, 1.165) is 0 Å². The summed E-state index contributed by atoms with van der Waals surface area (Å²) in [5, 5.41) is 24.5. The number of benzene rings is 2. The number of amides is 1. The molecule has 2 aromatic carbocycles. The van der Waals surface area contributed by atoms with Crippen LogP contribution >= 0.6 is 11.6 Å². The molecule has 0 spiro atoms. The van der Waals surface area contributed by atoms with Gasteiger partial charge in [0.15, 0.2) is 0 Å². The zero-order valence-electron chi connectivity index (χ0n) is 11.4. The zero-order valence-corrected chi connectivity index (χ0v) is 12.1. The Morgan fingerprint density at radius 1 is 1.23 bits per heavy atom. The van der Waals surface area contributed by atoms with Crippen LogP contribution in [0.15, 0.2) is 60.3 Å². The van der Waals surface area contributed by atoms with Gasteiger partial charge in [0.2, 0.25) is 0 Å². The largest absolute Gasteiger partial charge is 0.506 e. The van der Waals surface area contributed by atoms with Gasteiger partial charge in [0.1, 0.15) is 17.4 Å². The molecular formula is C16H12ClN3O2. The van der Waals surface area contributed by atoms with E-state index in [-0.39, 0.29) is 17.0 Å². The molecule has 5 nitrogen and oxygen atoms in total. The Morgan fingerprint density at radius 3 is 2.68 bits per heavy atom. The van der Waals surface area contributed by atoms with Crippen LogP contribution in [-0.2, 0) is 4.79 Å². The van der Waals surface area contributed by atoms with Gasteiger partial charge in [-0.05, 0) is 30.3 Å². The first kappa shape index (κ1) is 15.4. The molecule has 0 aliphatic carbocycles. The number of aromatic hydroxyl groups is 1. The zero-order chi connectivity index (χ0) is 15.9. The van der Waals surface area contributed by atoms with Crippen molar-refractivity contribution >= 4 is 28.9 Å². The lowest BCUT2D eigenvalue weighted by Crippen LogP contribution is -2.14. The lowest BCUT2D eigenvalue weighted by molar-refractivity contribution is -0.112. The van der Waals surface area contributed by atoms with Gasteiger partial charge in [-0.15, -0.1) is 0 Å². The minimum atomic E-state index is -0.626. The number of nitrogens with zero attached hydrogens (tertiary/aromatic N) is 1. The number of phenols is 1. The second-order valence-corrected chi connectivity index (χ2v) is 4.73. The molecule has 0 bridgehead atoms. The maximum atomic E-state index is 12.0. The molecule has 110 valence electrons. The maximum Gasteiger partial charge on any atom is 0.267 e. The molecule has 0 aromatic heterocycles. The summed E-state index contributed by atoms with van der Waals surface area (Å²) in [6, 6.07) is 14.9. The van der Waals surface area contributed by atoms with E-state index < -0.39 is 5.91 Å². The fraction of sp³-hybridized carbons (Fsp3) is 0. The summed E-state index contributed by atoms with van der Waals surface area (Å²) in [4.78, 5) is 12.0. The normalized spacial score (nSPS) is 10.6. The second-order valence-electron chi connectivity index (χ2n) is 4.30. The van der Waals surface area contributed by atoms with Gasteiger partial charge < -0.3 is 15.7 Å². The molecule has 1 amide bonds. The highest BCUT2D eigenvalue weighted by Gasteiger charge is 2.11. The number of carbonyl (C=O) groups is 1. The molecule has 0 saturated carbocycles. The Balaban J connectivity index is 2.11. The first-order chi connectivity index (χ1) is 10.6. The summed E-state index contributed by atoms with van der Waals surface area (Å²) in [6.45, 7) is 0. The molecule has 6 heteroatoms. The third-order valence-corrected chi connectivity index (χ3v) is 2.96. The molecule has 0 atom stereocenters. The third-order valence-electron chi connectivity index (χ3n) is 2.73. The van der Waals surface area contributed by atoms with Gasteiger partial charge in [0.05, 0.1) is 5.69 Å². The van der Waals surface area contributed by atoms with E-state index in [9.17, 15) is 9.90 Å². The highest BCUT2D eigenvalue weighted by molar-refractivity contribution is 6.30. The molecule has 0 aliphatic heterocycles. The lowest BCUT2D eigenvalue weighted by Gasteiger charge is -2.06. The number of nitriles is 1. The van der Waals surface area contributed by atoms with Gasteiger partial charge in [0.25, 0.3) is 5.91 Å². The number of carbonyl (C=O) groups excluding carboxylic acids is 1. The van der Waals surface area contributed by atoms with Crippen molar-refractivity contribution in [3.8, 4) is 11.8 Å². The van der Waals surface area contributed by atoms with Gasteiger partial charge in [-0.2, -0.15) is 5.26 Å². The summed E-state index contributed by atoms with van der Waals surface area (Å²) >= 11 is 5.85. The molecule has 0 unspecified atom stereocenters. The number of anilines is 2. The number of para-hydroxylation sites is 2. The third kappa shape index (κ3) is 4.01. The molecule has 2 rings (SSSR count). The van der Waals surface area contributed by atoms with Crippen LogP contribution in [0.5, 0.6) is 5.75 Å². The van der Waals surface area contributed by atoms with Crippen LogP contribution in [0.4, 0.5) is 11.4 Å². The van der Waals surface area contributed by atoms with Crippen molar-refractivity contribution in [3.05, 3.63) is 65.3 Å². The highest BCUT2D eigenvalue weighted by Crippen LogP contribution is 2.22. The first-order valence-electron chi connectivity index (χ1n) is 6.32. The van der Waals surface area contributed by atoms with Crippen LogP contribution in [0.1, 0.15) is 0 Å². The SMILES string of the molecule is N#C/C(=C/Nc1cccc(Cl)c1)C(=O)Nc1ccccc1O. The minimum absolute atomic E-state index is 0.0732. The molecule has 0 aliphatic rings. The maximum absolute atomic E-state index is 12.0. The van der Waals surface area contributed by atoms with Crippen molar-refractivity contribution in [3.63, 3.8) is 0 Å². The number of nitrogens with one attached hydrogen (secondary N) is 2. The molecule has 22 heavy (non-hydrogen) atoms. The fourth-order valence-corrected chi connectivity index (χ4v) is 1.84. The van der Waals surface area contributed by atoms with Crippen molar-refractivity contribution in [2.75, 3.05) is 10.6 Å². The highest BCUT2D eigenvalue weighted by atomic mass is 35.5. The summed E-state index contributed by atoms with van der Waals surface area (Å²) in [6.07, 6.45) is 1.28. The number of hydrogen-bond donors (Lipinski definition) is 3. The average molecular weight is 314 g/mol. The lowest BCUT2D eigenvalue weighted by atomic mass is 10.2. The van der Waals surface area contributed by atoms with E-state index in [4.69, 9.17) is 16.9 Å². The quantitative estimate of drug-likeness (QED) is 0.458. The molecule has 0 radical (unpaired) electrons. The molecule has 3 N–H and O–H groups in total. The summed E-state index contributed by atoms with van der Waals surface area (Å²) < 4.78 is 0. The van der Waals surface area contributed by atoms with Gasteiger partial charge in [-0.3, -0.25) is 4.79 Å². The smallest absolute Gasteiger partial charge is 0.267 e. The predicted molar refractivity (Wildman–Crippen MR) is 85.5 cm³/mol. The second kappa shape index (κ2) is 7.16. The van der Waals surface area contributed by atoms with Crippen LogP contribution in [0.3, 0.4) is 0 Å². The minimum Gasteiger partial charge on any atom is -0.506 e. The average Bonchev–Trinajstić information content (AvgIpc) is 2.50. The fourth-order valence-electron chi connectivity index (χ4n) is 1.65. The van der Waals surface area contributed by atoms with Crippen molar-refractivity contribution in [1.29, 1.82) is 5.26 Å². The molecule has 0 saturated heterocycles. The van der Waals surface area contributed by atoms with Crippen LogP contribution in [0, 0.1) is 11.3 Å².